The minimum Gasteiger partial charge on any atom is -0.378 e. The van der Waals surface area contributed by atoms with E-state index in [9.17, 15) is 13.2 Å². The van der Waals surface area contributed by atoms with Crippen molar-refractivity contribution < 1.29 is 22.6 Å². The maximum atomic E-state index is 14.9. The Bertz CT molecular complexity index is 1060. The van der Waals surface area contributed by atoms with Gasteiger partial charge in [-0.1, -0.05) is 12.1 Å². The quantitative estimate of drug-likeness (QED) is 0.587. The van der Waals surface area contributed by atoms with Gasteiger partial charge in [0.15, 0.2) is 0 Å². The van der Waals surface area contributed by atoms with E-state index >= 15 is 0 Å². The lowest BCUT2D eigenvalue weighted by atomic mass is 10.2. The van der Waals surface area contributed by atoms with E-state index in [2.05, 4.69) is 15.0 Å². The van der Waals surface area contributed by atoms with Gasteiger partial charge >= 0.3 is 0 Å². The molecule has 2 aliphatic rings. The van der Waals surface area contributed by atoms with E-state index in [4.69, 9.17) is 9.47 Å². The van der Waals surface area contributed by atoms with Crippen LogP contribution in [-0.4, -0.2) is 70.9 Å². The number of halogens is 3. The van der Waals surface area contributed by atoms with Crippen molar-refractivity contribution in [2.75, 3.05) is 36.1 Å². The van der Waals surface area contributed by atoms with Gasteiger partial charge in [-0.25, -0.2) is 18.2 Å². The van der Waals surface area contributed by atoms with Crippen molar-refractivity contribution in [3.8, 4) is 5.95 Å². The highest BCUT2D eigenvalue weighted by Crippen LogP contribution is 2.33. The number of morpholine rings is 2. The van der Waals surface area contributed by atoms with E-state index in [0.717, 1.165) is 11.0 Å². The summed E-state index contributed by atoms with van der Waals surface area (Å²) in [5.74, 6) is 0.582. The molecule has 0 aliphatic carbocycles. The van der Waals surface area contributed by atoms with Crippen molar-refractivity contribution in [2.45, 2.75) is 32.0 Å². The predicted molar refractivity (Wildman–Crippen MR) is 107 cm³/mol. The van der Waals surface area contributed by atoms with Crippen LogP contribution >= 0.6 is 0 Å². The number of fused-ring (bicyclic) bond motifs is 1. The van der Waals surface area contributed by atoms with Crippen LogP contribution < -0.4 is 9.80 Å². The highest BCUT2D eigenvalue weighted by Gasteiger charge is 2.44. The zero-order valence-electron chi connectivity index (χ0n) is 16.7. The Morgan fingerprint density at radius 1 is 1.00 bits per heavy atom. The zero-order chi connectivity index (χ0) is 21.5. The van der Waals surface area contributed by atoms with Crippen molar-refractivity contribution >= 4 is 22.7 Å². The van der Waals surface area contributed by atoms with Crippen LogP contribution in [0, 0.1) is 0 Å². The Hall–Kier alpha value is -2.92. The van der Waals surface area contributed by atoms with Crippen LogP contribution in [0.2, 0.25) is 0 Å². The molecule has 0 N–H and O–H groups in total. The second-order valence-electron chi connectivity index (χ2n) is 7.43. The number of anilines is 2. The zero-order valence-corrected chi connectivity index (χ0v) is 16.7. The van der Waals surface area contributed by atoms with E-state index in [1.807, 2.05) is 29.2 Å². The van der Waals surface area contributed by atoms with E-state index in [0.29, 0.717) is 37.0 Å². The SMILES string of the molecule is CC1OC(F)C(F)N(c2cc(N3CCOCC3)nc(-n3cnc4ccccc43)n2)C1F. The molecule has 2 fully saturated rings. The summed E-state index contributed by atoms with van der Waals surface area (Å²) >= 11 is 0. The molecule has 0 spiro atoms. The van der Waals surface area contributed by atoms with E-state index in [1.165, 1.54) is 13.0 Å². The fourth-order valence-electron chi connectivity index (χ4n) is 3.80. The molecule has 11 heteroatoms. The summed E-state index contributed by atoms with van der Waals surface area (Å²) < 4.78 is 55.5. The Morgan fingerprint density at radius 2 is 1.74 bits per heavy atom. The first-order valence-corrected chi connectivity index (χ1v) is 10.0. The van der Waals surface area contributed by atoms with Crippen LogP contribution in [0.4, 0.5) is 24.8 Å². The predicted octanol–water partition coefficient (Wildman–Crippen LogP) is 2.76. The third-order valence-electron chi connectivity index (χ3n) is 5.44. The van der Waals surface area contributed by atoms with Crippen LogP contribution in [0.3, 0.4) is 0 Å². The molecule has 8 nitrogen and oxygen atoms in total. The van der Waals surface area contributed by atoms with Gasteiger partial charge in [0.25, 0.3) is 0 Å². The Balaban J connectivity index is 1.64. The summed E-state index contributed by atoms with van der Waals surface area (Å²) in [7, 11) is 0. The van der Waals surface area contributed by atoms with Crippen molar-refractivity contribution in [3.05, 3.63) is 36.7 Å². The number of para-hydroxylation sites is 2. The van der Waals surface area contributed by atoms with Gasteiger partial charge in [0, 0.05) is 19.2 Å². The summed E-state index contributed by atoms with van der Waals surface area (Å²) in [6, 6.07) is 8.86. The summed E-state index contributed by atoms with van der Waals surface area (Å²) in [5.41, 5.74) is 1.46. The normalized spacial score (nSPS) is 27.1. The largest absolute Gasteiger partial charge is 0.378 e. The Labute approximate surface area is 176 Å². The maximum Gasteiger partial charge on any atom is 0.250 e. The average Bonchev–Trinajstić information content (AvgIpc) is 3.23. The minimum atomic E-state index is -2.34. The molecular formula is C20H21F3N6O2. The number of hydrogen-bond donors (Lipinski definition) is 0. The molecule has 2 saturated heterocycles. The van der Waals surface area contributed by atoms with Crippen LogP contribution in [0.25, 0.3) is 17.0 Å². The van der Waals surface area contributed by atoms with E-state index in [1.54, 1.807) is 10.9 Å². The molecule has 0 saturated carbocycles. The third-order valence-corrected chi connectivity index (χ3v) is 5.44. The standard InChI is InChI=1S/C20H21F3N6O2/c1-12-17(21)29(18(22)19(23)31-12)16-10-15(27-6-8-30-9-7-27)25-20(26-16)28-11-24-13-4-2-3-5-14(13)28/h2-5,10-12,17-19H,6-9H2,1H3. The molecule has 2 aromatic heterocycles. The molecule has 164 valence electrons. The lowest BCUT2D eigenvalue weighted by molar-refractivity contribution is -0.173. The number of nitrogens with zero attached hydrogens (tertiary/aromatic N) is 6. The first-order valence-electron chi connectivity index (χ1n) is 10.0. The summed E-state index contributed by atoms with van der Waals surface area (Å²) in [4.78, 5) is 16.0. The van der Waals surface area contributed by atoms with Gasteiger partial charge < -0.3 is 14.4 Å². The number of imidazole rings is 1. The first-order chi connectivity index (χ1) is 15.0. The van der Waals surface area contributed by atoms with E-state index < -0.39 is 25.1 Å². The molecule has 4 atom stereocenters. The molecule has 4 heterocycles. The monoisotopic (exact) mass is 434 g/mol. The molecule has 3 aromatic rings. The molecule has 5 rings (SSSR count). The highest BCUT2D eigenvalue weighted by atomic mass is 19.2. The number of benzene rings is 1. The molecule has 2 aliphatic heterocycles. The molecule has 0 amide bonds. The topological polar surface area (TPSA) is 68.5 Å². The van der Waals surface area contributed by atoms with E-state index in [-0.39, 0.29) is 11.8 Å². The fraction of sp³-hybridized carbons (Fsp3) is 0.450. The van der Waals surface area contributed by atoms with Gasteiger partial charge in [-0.15, -0.1) is 0 Å². The van der Waals surface area contributed by atoms with Gasteiger partial charge in [0.05, 0.1) is 24.2 Å². The van der Waals surface area contributed by atoms with Crippen LogP contribution in [0.15, 0.2) is 36.7 Å². The van der Waals surface area contributed by atoms with Gasteiger partial charge in [-0.3, -0.25) is 9.47 Å². The summed E-state index contributed by atoms with van der Waals surface area (Å²) in [5, 5.41) is 0. The number of hydrogen-bond acceptors (Lipinski definition) is 7. The number of rotatable bonds is 3. The van der Waals surface area contributed by atoms with Crippen LogP contribution in [0.5, 0.6) is 0 Å². The smallest absolute Gasteiger partial charge is 0.250 e. The average molecular weight is 434 g/mol. The molecule has 0 radical (unpaired) electrons. The van der Waals surface area contributed by atoms with Gasteiger partial charge in [0.1, 0.15) is 24.1 Å². The lowest BCUT2D eigenvalue weighted by Gasteiger charge is -2.40. The van der Waals surface area contributed by atoms with Gasteiger partial charge in [-0.2, -0.15) is 9.97 Å². The molecule has 0 bridgehead atoms. The van der Waals surface area contributed by atoms with Crippen molar-refractivity contribution in [3.63, 3.8) is 0 Å². The van der Waals surface area contributed by atoms with Crippen molar-refractivity contribution in [1.82, 2.24) is 19.5 Å². The first kappa shape index (κ1) is 20.0. The molecule has 4 unspecified atom stereocenters. The minimum absolute atomic E-state index is 0.0675. The second kappa shape index (κ2) is 7.97. The Kier molecular flexibility index (Phi) is 5.14. The molecular weight excluding hydrogens is 413 g/mol. The maximum absolute atomic E-state index is 14.9. The summed E-state index contributed by atoms with van der Waals surface area (Å²) in [6.07, 6.45) is -6.16. The van der Waals surface area contributed by atoms with Crippen LogP contribution in [-0.2, 0) is 9.47 Å². The number of aromatic nitrogens is 4. The van der Waals surface area contributed by atoms with Gasteiger partial charge in [-0.05, 0) is 19.1 Å². The molecule has 31 heavy (non-hydrogen) atoms. The number of alkyl halides is 3. The number of ether oxygens (including phenoxy) is 2. The van der Waals surface area contributed by atoms with Crippen molar-refractivity contribution in [1.29, 1.82) is 0 Å². The summed E-state index contributed by atoms with van der Waals surface area (Å²) in [6.45, 7) is 3.47. The Morgan fingerprint density at radius 3 is 2.55 bits per heavy atom. The highest BCUT2D eigenvalue weighted by molar-refractivity contribution is 5.76. The fourth-order valence-corrected chi connectivity index (χ4v) is 3.80. The lowest BCUT2D eigenvalue weighted by Crippen LogP contribution is -2.56. The third kappa shape index (κ3) is 3.57. The van der Waals surface area contributed by atoms with Crippen LogP contribution in [0.1, 0.15) is 6.92 Å². The molecule has 1 aromatic carbocycles. The van der Waals surface area contributed by atoms with Gasteiger partial charge in [0.2, 0.25) is 24.9 Å². The van der Waals surface area contributed by atoms with Crippen molar-refractivity contribution in [2.24, 2.45) is 0 Å². The second-order valence-corrected chi connectivity index (χ2v) is 7.43.